The van der Waals surface area contributed by atoms with E-state index in [0.717, 1.165) is 30.4 Å². The maximum atomic E-state index is 13.1. The van der Waals surface area contributed by atoms with Crippen molar-refractivity contribution < 1.29 is 8.42 Å². The van der Waals surface area contributed by atoms with Gasteiger partial charge in [-0.3, -0.25) is 0 Å². The second-order valence-corrected chi connectivity index (χ2v) is 9.14. The Morgan fingerprint density at radius 3 is 2.43 bits per heavy atom. The highest BCUT2D eigenvalue weighted by Crippen LogP contribution is 2.40. The maximum absolute atomic E-state index is 13.1. The van der Waals surface area contributed by atoms with Gasteiger partial charge in [0.25, 0.3) is 0 Å². The molecule has 0 aliphatic heterocycles. The molecule has 0 spiro atoms. The third kappa shape index (κ3) is 3.02. The second kappa shape index (κ2) is 5.73. The highest BCUT2D eigenvalue weighted by molar-refractivity contribution is 7.92. The van der Waals surface area contributed by atoms with E-state index in [1.165, 1.54) is 0 Å². The monoisotopic (exact) mass is 309 g/mol. The molecule has 1 aliphatic rings. The maximum Gasteiger partial charge on any atom is 0.182 e. The van der Waals surface area contributed by atoms with Gasteiger partial charge in [-0.25, -0.2) is 8.42 Å². The summed E-state index contributed by atoms with van der Waals surface area (Å²) in [5.74, 6) is 0. The predicted molar refractivity (Wildman–Crippen MR) is 87.4 cm³/mol. The van der Waals surface area contributed by atoms with Crippen LogP contribution in [-0.4, -0.2) is 26.8 Å². The number of nitrogens with one attached hydrogen (secondary N) is 1. The molecule has 0 heterocycles. The molecule has 3 nitrogen and oxygen atoms in total. The molecule has 2 rings (SSSR count). The van der Waals surface area contributed by atoms with Crippen molar-refractivity contribution in [3.8, 4) is 0 Å². The first-order valence-corrected chi connectivity index (χ1v) is 9.23. The zero-order valence-electron chi connectivity index (χ0n) is 13.7. The van der Waals surface area contributed by atoms with E-state index in [1.54, 1.807) is 6.07 Å². The summed E-state index contributed by atoms with van der Waals surface area (Å²) in [7, 11) is -1.42. The van der Waals surface area contributed by atoms with E-state index in [-0.39, 0.29) is 16.7 Å². The van der Waals surface area contributed by atoms with Crippen LogP contribution in [0, 0.1) is 19.3 Å². The Balaban J connectivity index is 2.44. The van der Waals surface area contributed by atoms with Crippen molar-refractivity contribution in [2.45, 2.75) is 63.1 Å². The fourth-order valence-electron chi connectivity index (χ4n) is 3.56. The third-order valence-electron chi connectivity index (χ3n) is 5.04. The van der Waals surface area contributed by atoms with Crippen molar-refractivity contribution in [1.29, 1.82) is 0 Å². The average Bonchev–Trinajstić information content (AvgIpc) is 2.40. The van der Waals surface area contributed by atoms with E-state index in [0.29, 0.717) is 4.90 Å². The van der Waals surface area contributed by atoms with Crippen molar-refractivity contribution in [3.63, 3.8) is 0 Å². The third-order valence-corrected chi connectivity index (χ3v) is 7.26. The molecule has 21 heavy (non-hydrogen) atoms. The van der Waals surface area contributed by atoms with Crippen molar-refractivity contribution >= 4 is 9.84 Å². The van der Waals surface area contributed by atoms with Crippen molar-refractivity contribution in [1.82, 2.24) is 5.32 Å². The topological polar surface area (TPSA) is 46.2 Å². The molecule has 4 heteroatoms. The van der Waals surface area contributed by atoms with Gasteiger partial charge >= 0.3 is 0 Å². The van der Waals surface area contributed by atoms with E-state index < -0.39 is 9.84 Å². The van der Waals surface area contributed by atoms with Crippen LogP contribution in [0.15, 0.2) is 23.1 Å². The van der Waals surface area contributed by atoms with E-state index in [1.807, 2.05) is 33.0 Å². The molecular weight excluding hydrogens is 282 g/mol. The van der Waals surface area contributed by atoms with Gasteiger partial charge in [-0.05, 0) is 62.4 Å². The standard InChI is InChI=1S/C17H27NO2S/c1-12-8-9-14(11-13(12)2)21(19,20)15-7-6-10-17(3,4)16(15)18-5/h8-9,11,15-16,18H,6-7,10H2,1-5H3. The first-order chi connectivity index (χ1) is 9.70. The minimum atomic E-state index is -3.30. The molecule has 1 aromatic rings. The molecule has 1 fully saturated rings. The lowest BCUT2D eigenvalue weighted by atomic mass is 9.73. The Morgan fingerprint density at radius 2 is 1.86 bits per heavy atom. The van der Waals surface area contributed by atoms with Gasteiger partial charge in [-0.1, -0.05) is 26.3 Å². The van der Waals surface area contributed by atoms with Gasteiger partial charge < -0.3 is 5.32 Å². The number of hydrogen-bond acceptors (Lipinski definition) is 3. The van der Waals surface area contributed by atoms with Gasteiger partial charge in [-0.15, -0.1) is 0 Å². The molecule has 1 aromatic carbocycles. The Hall–Kier alpha value is -0.870. The largest absolute Gasteiger partial charge is 0.315 e. The Kier molecular flexibility index (Phi) is 4.50. The van der Waals surface area contributed by atoms with Gasteiger partial charge in [0.1, 0.15) is 0 Å². The molecule has 2 atom stereocenters. The molecule has 0 aromatic heterocycles. The van der Waals surface area contributed by atoms with Crippen LogP contribution in [0.25, 0.3) is 0 Å². The SMILES string of the molecule is CNC1C(S(=O)(=O)c2ccc(C)c(C)c2)CCCC1(C)C. The second-order valence-electron chi connectivity index (χ2n) is 6.98. The minimum Gasteiger partial charge on any atom is -0.315 e. The number of aryl methyl sites for hydroxylation is 2. The van der Waals surface area contributed by atoms with Crippen LogP contribution in [0.4, 0.5) is 0 Å². The highest BCUT2D eigenvalue weighted by Gasteiger charge is 2.44. The van der Waals surface area contributed by atoms with Crippen molar-refractivity contribution in [2.24, 2.45) is 5.41 Å². The Morgan fingerprint density at radius 1 is 1.19 bits per heavy atom. The summed E-state index contributed by atoms with van der Waals surface area (Å²) in [6.45, 7) is 8.30. The van der Waals surface area contributed by atoms with Crippen LogP contribution in [0.5, 0.6) is 0 Å². The van der Waals surface area contributed by atoms with Crippen molar-refractivity contribution in [3.05, 3.63) is 29.3 Å². The predicted octanol–water partition coefficient (Wildman–Crippen LogP) is 3.24. The molecule has 1 saturated carbocycles. The first-order valence-electron chi connectivity index (χ1n) is 7.68. The highest BCUT2D eigenvalue weighted by atomic mass is 32.2. The van der Waals surface area contributed by atoms with Gasteiger partial charge in [0.2, 0.25) is 0 Å². The Bertz CT molecular complexity index is 620. The normalized spacial score (nSPS) is 25.8. The van der Waals surface area contributed by atoms with Crippen LogP contribution in [0.1, 0.15) is 44.2 Å². The summed E-state index contributed by atoms with van der Waals surface area (Å²) < 4.78 is 26.1. The van der Waals surface area contributed by atoms with Gasteiger partial charge in [0.05, 0.1) is 10.1 Å². The smallest absolute Gasteiger partial charge is 0.182 e. The van der Waals surface area contributed by atoms with E-state index >= 15 is 0 Å². The van der Waals surface area contributed by atoms with Crippen LogP contribution in [0.3, 0.4) is 0 Å². The number of rotatable bonds is 3. The molecule has 1 N–H and O–H groups in total. The number of sulfone groups is 1. The zero-order valence-corrected chi connectivity index (χ0v) is 14.5. The summed E-state index contributed by atoms with van der Waals surface area (Å²) in [5, 5.41) is 2.93. The lowest BCUT2D eigenvalue weighted by Gasteiger charge is -2.43. The lowest BCUT2D eigenvalue weighted by molar-refractivity contribution is 0.178. The quantitative estimate of drug-likeness (QED) is 0.932. The molecule has 0 radical (unpaired) electrons. The van der Waals surface area contributed by atoms with Crippen LogP contribution in [-0.2, 0) is 9.84 Å². The van der Waals surface area contributed by atoms with Crippen LogP contribution in [0.2, 0.25) is 0 Å². The summed E-state index contributed by atoms with van der Waals surface area (Å²) in [6, 6.07) is 5.48. The van der Waals surface area contributed by atoms with Crippen LogP contribution < -0.4 is 5.32 Å². The van der Waals surface area contributed by atoms with E-state index in [9.17, 15) is 8.42 Å². The summed E-state index contributed by atoms with van der Waals surface area (Å²) in [6.07, 6.45) is 2.78. The molecule has 0 amide bonds. The van der Waals surface area contributed by atoms with Crippen molar-refractivity contribution in [2.75, 3.05) is 7.05 Å². The molecule has 118 valence electrons. The summed E-state index contributed by atoms with van der Waals surface area (Å²) >= 11 is 0. The number of hydrogen-bond donors (Lipinski definition) is 1. The lowest BCUT2D eigenvalue weighted by Crippen LogP contribution is -2.54. The van der Waals surface area contributed by atoms with E-state index in [4.69, 9.17) is 0 Å². The number of benzene rings is 1. The Labute approximate surface area is 129 Å². The van der Waals surface area contributed by atoms with Gasteiger partial charge in [0, 0.05) is 6.04 Å². The van der Waals surface area contributed by atoms with Gasteiger partial charge in [0.15, 0.2) is 9.84 Å². The fourth-order valence-corrected chi connectivity index (χ4v) is 5.85. The zero-order chi connectivity index (χ0) is 15.8. The summed E-state index contributed by atoms with van der Waals surface area (Å²) in [5.41, 5.74) is 2.17. The fraction of sp³-hybridized carbons (Fsp3) is 0.647. The first kappa shape index (κ1) is 16.5. The molecular formula is C17H27NO2S. The molecule has 0 bridgehead atoms. The molecule has 0 saturated heterocycles. The van der Waals surface area contributed by atoms with E-state index in [2.05, 4.69) is 19.2 Å². The molecule has 1 aliphatic carbocycles. The van der Waals surface area contributed by atoms with Crippen LogP contribution >= 0.6 is 0 Å². The average molecular weight is 309 g/mol. The summed E-state index contributed by atoms with van der Waals surface area (Å²) in [4.78, 5) is 0.466. The minimum absolute atomic E-state index is 0.00198. The van der Waals surface area contributed by atoms with Gasteiger partial charge in [-0.2, -0.15) is 0 Å². The molecule has 2 unspecified atom stereocenters.